The summed E-state index contributed by atoms with van der Waals surface area (Å²) in [4.78, 5) is 0. The zero-order valence-electron chi connectivity index (χ0n) is 30.0. The van der Waals surface area contributed by atoms with E-state index in [0.717, 1.165) is 33.1 Å². The van der Waals surface area contributed by atoms with Crippen molar-refractivity contribution in [2.24, 2.45) is 0 Å². The first kappa shape index (κ1) is 31.3. The van der Waals surface area contributed by atoms with Crippen molar-refractivity contribution >= 4 is 54.3 Å². The molecule has 10 aromatic carbocycles. The molecule has 0 N–H and O–H groups in total. The van der Waals surface area contributed by atoms with Crippen LogP contribution >= 0.6 is 0 Å². The summed E-state index contributed by atoms with van der Waals surface area (Å²) >= 11 is 0. The van der Waals surface area contributed by atoms with E-state index in [0.29, 0.717) is 0 Å². The van der Waals surface area contributed by atoms with E-state index in [1.54, 1.807) is 0 Å². The van der Waals surface area contributed by atoms with Crippen LogP contribution in [0.1, 0.15) is 0 Å². The molecule has 1 nitrogen and oxygen atoms in total. The van der Waals surface area contributed by atoms with E-state index in [1.165, 1.54) is 76.8 Å². The Kier molecular flexibility index (Phi) is 7.25. The van der Waals surface area contributed by atoms with Gasteiger partial charge in [-0.05, 0) is 88.5 Å². The zero-order chi connectivity index (χ0) is 36.3. The van der Waals surface area contributed by atoms with Crippen molar-refractivity contribution in [2.45, 2.75) is 0 Å². The second kappa shape index (κ2) is 12.7. The van der Waals surface area contributed by atoms with Gasteiger partial charge in [0.1, 0.15) is 11.2 Å². The number of para-hydroxylation sites is 2. The van der Waals surface area contributed by atoms with Crippen LogP contribution < -0.4 is 0 Å². The molecule has 1 heterocycles. The third-order valence-corrected chi connectivity index (χ3v) is 11.3. The molecule has 11 aromatic rings. The maximum Gasteiger partial charge on any atom is 0.143 e. The van der Waals surface area contributed by atoms with E-state index in [1.807, 2.05) is 12.1 Å². The average molecular weight is 699 g/mol. The molecule has 0 aliphatic carbocycles. The summed E-state index contributed by atoms with van der Waals surface area (Å²) in [6.07, 6.45) is 0. The molecule has 0 unspecified atom stereocenters. The van der Waals surface area contributed by atoms with Gasteiger partial charge in [-0.2, -0.15) is 0 Å². The van der Waals surface area contributed by atoms with Gasteiger partial charge < -0.3 is 4.42 Å². The van der Waals surface area contributed by atoms with Gasteiger partial charge in [0.05, 0.1) is 0 Å². The third-order valence-electron chi connectivity index (χ3n) is 11.3. The van der Waals surface area contributed by atoms with Crippen molar-refractivity contribution in [2.75, 3.05) is 0 Å². The van der Waals surface area contributed by atoms with Gasteiger partial charge in [-0.1, -0.05) is 200 Å². The van der Waals surface area contributed by atoms with Crippen molar-refractivity contribution in [3.8, 4) is 55.6 Å². The molecule has 0 atom stereocenters. The molecule has 0 amide bonds. The molecule has 0 saturated carbocycles. The Labute approximate surface area is 319 Å². The van der Waals surface area contributed by atoms with Gasteiger partial charge in [-0.25, -0.2) is 0 Å². The SMILES string of the molecule is c1ccc(-c2ccc(-c3c4ccccc4c(-c4ccc(-c5ccccc5-c5cccc6c5oc5ccccc56)cc4)c4ccccc34)c3ccccc23)cc1. The predicted molar refractivity (Wildman–Crippen MR) is 233 cm³/mol. The minimum atomic E-state index is 0.912. The molecular weight excluding hydrogens is 665 g/mol. The van der Waals surface area contributed by atoms with Gasteiger partial charge in [0.25, 0.3) is 0 Å². The fourth-order valence-electron chi connectivity index (χ4n) is 8.86. The van der Waals surface area contributed by atoms with E-state index in [9.17, 15) is 0 Å². The minimum absolute atomic E-state index is 0.912. The van der Waals surface area contributed by atoms with Crippen molar-refractivity contribution < 1.29 is 4.42 Å². The van der Waals surface area contributed by atoms with Crippen LogP contribution in [0.5, 0.6) is 0 Å². The Morgan fingerprint density at radius 1 is 0.218 bits per heavy atom. The van der Waals surface area contributed by atoms with Crippen molar-refractivity contribution in [1.29, 1.82) is 0 Å². The summed E-state index contributed by atoms with van der Waals surface area (Å²) in [6.45, 7) is 0. The van der Waals surface area contributed by atoms with Gasteiger partial charge in [0.15, 0.2) is 0 Å². The van der Waals surface area contributed by atoms with Gasteiger partial charge in [0.2, 0.25) is 0 Å². The molecule has 0 fully saturated rings. The van der Waals surface area contributed by atoms with E-state index in [-0.39, 0.29) is 0 Å². The first-order valence-corrected chi connectivity index (χ1v) is 18.9. The molecule has 0 spiro atoms. The number of furan rings is 1. The minimum Gasteiger partial charge on any atom is -0.455 e. The molecular formula is C54H34O. The van der Waals surface area contributed by atoms with Gasteiger partial charge in [-0.15, -0.1) is 0 Å². The summed E-state index contributed by atoms with van der Waals surface area (Å²) in [5.74, 6) is 0. The van der Waals surface area contributed by atoms with Crippen LogP contribution in [0.3, 0.4) is 0 Å². The highest BCUT2D eigenvalue weighted by Crippen LogP contribution is 2.47. The van der Waals surface area contributed by atoms with Crippen LogP contribution in [0.25, 0.3) is 110 Å². The van der Waals surface area contributed by atoms with E-state index >= 15 is 0 Å². The van der Waals surface area contributed by atoms with Crippen LogP contribution in [-0.4, -0.2) is 0 Å². The fraction of sp³-hybridized carbons (Fsp3) is 0. The number of fused-ring (bicyclic) bond motifs is 6. The highest BCUT2D eigenvalue weighted by atomic mass is 16.3. The normalized spacial score (nSPS) is 11.6. The summed E-state index contributed by atoms with van der Waals surface area (Å²) in [5, 5.41) is 9.80. The summed E-state index contributed by atoms with van der Waals surface area (Å²) < 4.78 is 6.48. The Bertz CT molecular complexity index is 3180. The van der Waals surface area contributed by atoms with E-state index in [2.05, 4.69) is 194 Å². The summed E-state index contributed by atoms with van der Waals surface area (Å²) in [7, 11) is 0. The number of benzene rings is 10. The molecule has 55 heavy (non-hydrogen) atoms. The average Bonchev–Trinajstić information content (AvgIpc) is 3.65. The maximum atomic E-state index is 6.48. The van der Waals surface area contributed by atoms with Crippen LogP contribution in [0.2, 0.25) is 0 Å². The maximum absolute atomic E-state index is 6.48. The van der Waals surface area contributed by atoms with Gasteiger partial charge in [-0.3, -0.25) is 0 Å². The highest BCUT2D eigenvalue weighted by Gasteiger charge is 2.20. The monoisotopic (exact) mass is 698 g/mol. The molecule has 0 saturated heterocycles. The number of hydrogen-bond acceptors (Lipinski definition) is 1. The molecule has 1 aromatic heterocycles. The lowest BCUT2D eigenvalue weighted by Crippen LogP contribution is -1.92. The van der Waals surface area contributed by atoms with Crippen LogP contribution in [0, 0.1) is 0 Å². The largest absolute Gasteiger partial charge is 0.455 e. The Balaban J connectivity index is 1.08. The van der Waals surface area contributed by atoms with E-state index in [4.69, 9.17) is 4.42 Å². The molecule has 11 rings (SSSR count). The smallest absolute Gasteiger partial charge is 0.143 e. The predicted octanol–water partition coefficient (Wildman–Crippen LogP) is 15.4. The van der Waals surface area contributed by atoms with Gasteiger partial charge >= 0.3 is 0 Å². The highest BCUT2D eigenvalue weighted by molar-refractivity contribution is 6.24. The lowest BCUT2D eigenvalue weighted by molar-refractivity contribution is 0.670. The Morgan fingerprint density at radius 3 is 1.36 bits per heavy atom. The fourth-order valence-corrected chi connectivity index (χ4v) is 8.86. The molecule has 0 aliphatic heterocycles. The van der Waals surface area contributed by atoms with Crippen molar-refractivity contribution in [1.82, 2.24) is 0 Å². The molecule has 0 aliphatic rings. The molecule has 1 heteroatoms. The first-order valence-electron chi connectivity index (χ1n) is 18.9. The first-order chi connectivity index (χ1) is 27.3. The lowest BCUT2D eigenvalue weighted by Gasteiger charge is -2.20. The quantitative estimate of drug-likeness (QED) is 0.163. The van der Waals surface area contributed by atoms with Crippen LogP contribution in [0.15, 0.2) is 211 Å². The Hall–Kier alpha value is -7.22. The standard InChI is InChI=1S/C54H34O/c1-2-15-35(16-3-1)39-33-34-48(42-20-7-6-18-40(39)42)53-46-24-10-8-22-44(46)52(45-23-9-11-25-47(45)53)37-31-29-36(30-32-37)38-17-4-5-19-41(38)49-26-14-27-50-43-21-12-13-28-51(43)55-54(49)50/h1-34H. The topological polar surface area (TPSA) is 13.1 Å². The summed E-state index contributed by atoms with van der Waals surface area (Å²) in [5.41, 5.74) is 13.9. The number of hydrogen-bond donors (Lipinski definition) is 0. The van der Waals surface area contributed by atoms with Crippen LogP contribution in [0.4, 0.5) is 0 Å². The second-order valence-corrected chi connectivity index (χ2v) is 14.3. The number of rotatable bonds is 5. The van der Waals surface area contributed by atoms with Crippen molar-refractivity contribution in [3.63, 3.8) is 0 Å². The lowest BCUT2D eigenvalue weighted by atomic mass is 9.83. The third kappa shape index (κ3) is 5.01. The Morgan fingerprint density at radius 2 is 0.673 bits per heavy atom. The summed E-state index contributed by atoms with van der Waals surface area (Å²) in [6, 6.07) is 74.7. The molecule has 0 bridgehead atoms. The second-order valence-electron chi connectivity index (χ2n) is 14.3. The van der Waals surface area contributed by atoms with Crippen LogP contribution in [-0.2, 0) is 0 Å². The van der Waals surface area contributed by atoms with E-state index < -0.39 is 0 Å². The molecule has 256 valence electrons. The zero-order valence-corrected chi connectivity index (χ0v) is 30.0. The van der Waals surface area contributed by atoms with Gasteiger partial charge in [0, 0.05) is 16.3 Å². The van der Waals surface area contributed by atoms with Crippen molar-refractivity contribution in [3.05, 3.63) is 206 Å². The molecule has 0 radical (unpaired) electrons.